The highest BCUT2D eigenvalue weighted by Gasteiger charge is 2.29. The third kappa shape index (κ3) is 6.21. The summed E-state index contributed by atoms with van der Waals surface area (Å²) in [6, 6.07) is 25.7. The van der Waals surface area contributed by atoms with Crippen molar-refractivity contribution in [1.29, 1.82) is 0 Å². The molecule has 39 heavy (non-hydrogen) atoms. The van der Waals surface area contributed by atoms with Gasteiger partial charge < -0.3 is 14.8 Å². The molecule has 0 aliphatic heterocycles. The van der Waals surface area contributed by atoms with E-state index in [-0.39, 0.29) is 16.3 Å². The Bertz CT molecular complexity index is 1540. The highest BCUT2D eigenvalue weighted by molar-refractivity contribution is 7.92. The van der Waals surface area contributed by atoms with Gasteiger partial charge in [0.25, 0.3) is 10.0 Å². The van der Waals surface area contributed by atoms with Crippen LogP contribution in [0.5, 0.6) is 11.5 Å². The molecule has 0 radical (unpaired) electrons. The Morgan fingerprint density at radius 2 is 1.51 bits per heavy atom. The fourth-order valence-electron chi connectivity index (χ4n) is 4.26. The summed E-state index contributed by atoms with van der Waals surface area (Å²) in [6.07, 6.45) is 0. The number of carbonyl (C=O) groups excluding carboxylic acids is 1. The van der Waals surface area contributed by atoms with Gasteiger partial charge in [-0.2, -0.15) is 0 Å². The van der Waals surface area contributed by atoms with E-state index in [1.54, 1.807) is 0 Å². The molecule has 7 nitrogen and oxygen atoms in total. The van der Waals surface area contributed by atoms with Crippen LogP contribution < -0.4 is 19.1 Å². The molecule has 1 atom stereocenters. The van der Waals surface area contributed by atoms with Crippen LogP contribution in [0.3, 0.4) is 0 Å². The zero-order chi connectivity index (χ0) is 28.0. The summed E-state index contributed by atoms with van der Waals surface area (Å²) in [7, 11) is -1.44. The molecule has 9 heteroatoms. The van der Waals surface area contributed by atoms with Gasteiger partial charge in [0.15, 0.2) is 11.5 Å². The monoisotopic (exact) mass is 548 g/mol. The number of aryl methyl sites for hydroxylation is 1. The van der Waals surface area contributed by atoms with Gasteiger partial charge in [-0.25, -0.2) is 12.8 Å². The van der Waals surface area contributed by atoms with E-state index in [9.17, 15) is 17.6 Å². The van der Waals surface area contributed by atoms with Gasteiger partial charge in [-0.15, -0.1) is 0 Å². The van der Waals surface area contributed by atoms with Gasteiger partial charge in [0.05, 0.1) is 30.8 Å². The lowest BCUT2D eigenvalue weighted by Gasteiger charge is -2.27. The Labute approximate surface area is 227 Å². The number of halogens is 1. The van der Waals surface area contributed by atoms with E-state index in [2.05, 4.69) is 5.32 Å². The van der Waals surface area contributed by atoms with E-state index < -0.39 is 34.3 Å². The minimum absolute atomic E-state index is 0.115. The van der Waals surface area contributed by atoms with Crippen molar-refractivity contribution in [2.45, 2.75) is 17.9 Å². The first-order valence-electron chi connectivity index (χ1n) is 12.1. The molecule has 1 N–H and O–H groups in total. The van der Waals surface area contributed by atoms with Gasteiger partial charge in [-0.1, -0.05) is 54.6 Å². The second-order valence-electron chi connectivity index (χ2n) is 8.77. The molecule has 0 saturated heterocycles. The SMILES string of the molecule is COc1ccc(S(=O)(=O)N(CC(=O)N[C@@H](c2ccccc2)c2ccccc2C)c2ccc(F)cc2)cc1OC. The van der Waals surface area contributed by atoms with Crippen LogP contribution in [0.25, 0.3) is 0 Å². The highest BCUT2D eigenvalue weighted by atomic mass is 32.2. The van der Waals surface area contributed by atoms with Crippen molar-refractivity contribution in [3.05, 3.63) is 120 Å². The Balaban J connectivity index is 1.72. The normalized spacial score (nSPS) is 11.9. The van der Waals surface area contributed by atoms with Gasteiger partial charge in [0, 0.05) is 6.07 Å². The van der Waals surface area contributed by atoms with Gasteiger partial charge in [-0.05, 0) is 60.0 Å². The van der Waals surface area contributed by atoms with Crippen LogP contribution >= 0.6 is 0 Å². The summed E-state index contributed by atoms with van der Waals surface area (Å²) in [6.45, 7) is 1.40. The summed E-state index contributed by atoms with van der Waals surface area (Å²) in [5.41, 5.74) is 2.83. The fraction of sp³-hybridized carbons (Fsp3) is 0.167. The van der Waals surface area contributed by atoms with Gasteiger partial charge >= 0.3 is 0 Å². The Hall–Kier alpha value is -4.37. The zero-order valence-electron chi connectivity index (χ0n) is 21.8. The molecule has 0 aromatic heterocycles. The second kappa shape index (κ2) is 12.0. The van der Waals surface area contributed by atoms with Crippen molar-refractivity contribution in [2.24, 2.45) is 0 Å². The molecule has 1 amide bonds. The van der Waals surface area contributed by atoms with Crippen LogP contribution in [-0.2, 0) is 14.8 Å². The number of carbonyl (C=O) groups is 1. The van der Waals surface area contributed by atoms with Crippen LogP contribution in [-0.4, -0.2) is 35.1 Å². The third-order valence-electron chi connectivity index (χ3n) is 6.28. The molecule has 0 fully saturated rings. The molecule has 0 unspecified atom stereocenters. The van der Waals surface area contributed by atoms with E-state index in [4.69, 9.17) is 9.47 Å². The maximum atomic E-state index is 13.9. The van der Waals surface area contributed by atoms with Crippen LogP contribution in [0.2, 0.25) is 0 Å². The zero-order valence-corrected chi connectivity index (χ0v) is 22.6. The number of benzene rings is 4. The van der Waals surface area contributed by atoms with Crippen molar-refractivity contribution in [2.75, 3.05) is 25.1 Å². The number of rotatable bonds is 10. The molecule has 4 rings (SSSR count). The topological polar surface area (TPSA) is 84.9 Å². The standard InChI is InChI=1S/C30H29FN2O5S/c1-21-9-7-8-12-26(21)30(22-10-5-4-6-11-22)32-29(34)20-33(24-15-13-23(31)14-16-24)39(35,36)25-17-18-27(37-2)28(19-25)38-3/h4-19,30H,20H2,1-3H3,(H,32,34)/t30-/m0/s1. The first kappa shape index (κ1) is 27.7. The fourth-order valence-corrected chi connectivity index (χ4v) is 5.70. The molecule has 202 valence electrons. The predicted molar refractivity (Wildman–Crippen MR) is 148 cm³/mol. The minimum Gasteiger partial charge on any atom is -0.493 e. The average molecular weight is 549 g/mol. The maximum Gasteiger partial charge on any atom is 0.264 e. The van der Waals surface area contributed by atoms with Gasteiger partial charge in [0.2, 0.25) is 5.91 Å². The Kier molecular flexibility index (Phi) is 8.51. The summed E-state index contributed by atoms with van der Waals surface area (Å²) < 4.78 is 52.9. The maximum absolute atomic E-state index is 13.9. The molecular weight excluding hydrogens is 519 g/mol. The predicted octanol–water partition coefficient (Wildman–Crippen LogP) is 5.25. The molecule has 4 aromatic carbocycles. The number of methoxy groups -OCH3 is 2. The van der Waals surface area contributed by atoms with Crippen molar-refractivity contribution in [3.63, 3.8) is 0 Å². The largest absolute Gasteiger partial charge is 0.493 e. The number of amides is 1. The Morgan fingerprint density at radius 3 is 2.15 bits per heavy atom. The van der Waals surface area contributed by atoms with Crippen molar-refractivity contribution < 1.29 is 27.1 Å². The lowest BCUT2D eigenvalue weighted by molar-refractivity contribution is -0.120. The molecule has 0 aliphatic carbocycles. The van der Waals surface area contributed by atoms with Gasteiger partial charge in [0.1, 0.15) is 12.4 Å². The molecule has 4 aromatic rings. The number of nitrogens with zero attached hydrogens (tertiary/aromatic N) is 1. The second-order valence-corrected chi connectivity index (χ2v) is 10.6. The summed E-state index contributed by atoms with van der Waals surface area (Å²) in [5.74, 6) is -0.506. The van der Waals surface area contributed by atoms with E-state index in [0.29, 0.717) is 5.75 Å². The van der Waals surface area contributed by atoms with Crippen LogP contribution in [0.15, 0.2) is 102 Å². The van der Waals surface area contributed by atoms with Crippen molar-refractivity contribution >= 4 is 21.6 Å². The minimum atomic E-state index is -4.28. The van der Waals surface area contributed by atoms with E-state index in [0.717, 1.165) is 33.1 Å². The third-order valence-corrected chi connectivity index (χ3v) is 8.05. The Morgan fingerprint density at radius 1 is 0.872 bits per heavy atom. The van der Waals surface area contributed by atoms with Crippen LogP contribution in [0.1, 0.15) is 22.7 Å². The summed E-state index contributed by atoms with van der Waals surface area (Å²) in [4.78, 5) is 13.4. The van der Waals surface area contributed by atoms with Crippen molar-refractivity contribution in [1.82, 2.24) is 5.32 Å². The lowest BCUT2D eigenvalue weighted by atomic mass is 9.95. The molecule has 0 bridgehead atoms. The lowest BCUT2D eigenvalue weighted by Crippen LogP contribution is -2.42. The molecule has 0 saturated carbocycles. The number of hydrogen-bond donors (Lipinski definition) is 1. The first-order chi connectivity index (χ1) is 18.7. The molecule has 0 aliphatic rings. The van der Waals surface area contributed by atoms with E-state index >= 15 is 0 Å². The van der Waals surface area contributed by atoms with Gasteiger partial charge in [-0.3, -0.25) is 9.10 Å². The molecule has 0 heterocycles. The number of hydrogen-bond acceptors (Lipinski definition) is 5. The van der Waals surface area contributed by atoms with Crippen LogP contribution in [0, 0.1) is 12.7 Å². The number of sulfonamides is 1. The van der Waals surface area contributed by atoms with E-state index in [1.807, 2.05) is 61.5 Å². The summed E-state index contributed by atoms with van der Waals surface area (Å²) in [5, 5.41) is 3.00. The number of nitrogens with one attached hydrogen (secondary N) is 1. The van der Waals surface area contributed by atoms with E-state index in [1.165, 1.54) is 44.6 Å². The average Bonchev–Trinajstić information content (AvgIpc) is 2.95. The number of ether oxygens (including phenoxy) is 2. The quantitative estimate of drug-likeness (QED) is 0.293. The smallest absolute Gasteiger partial charge is 0.264 e. The molecular formula is C30H29FN2O5S. The first-order valence-corrected chi connectivity index (χ1v) is 13.6. The van der Waals surface area contributed by atoms with Crippen LogP contribution in [0.4, 0.5) is 10.1 Å². The molecule has 0 spiro atoms. The highest BCUT2D eigenvalue weighted by Crippen LogP contribution is 2.32. The summed E-state index contributed by atoms with van der Waals surface area (Å²) >= 11 is 0. The number of anilines is 1. The van der Waals surface area contributed by atoms with Crippen molar-refractivity contribution in [3.8, 4) is 11.5 Å².